The molecule has 6 heteroatoms. The van der Waals surface area contributed by atoms with Gasteiger partial charge in [-0.2, -0.15) is 4.98 Å². The molecule has 0 atom stereocenters. The van der Waals surface area contributed by atoms with E-state index in [1.165, 1.54) is 37.8 Å². The average molecular weight is 295 g/mol. The zero-order valence-electron chi connectivity index (χ0n) is 12.9. The fourth-order valence-corrected chi connectivity index (χ4v) is 2.00. The molecule has 0 spiro atoms. The number of ether oxygens (including phenoxy) is 1. The van der Waals surface area contributed by atoms with Crippen LogP contribution < -0.4 is 10.1 Å². The Morgan fingerprint density at radius 3 is 2.57 bits per heavy atom. The monoisotopic (exact) mass is 295 g/mol. The van der Waals surface area contributed by atoms with Crippen molar-refractivity contribution in [2.45, 2.75) is 52.4 Å². The fraction of sp³-hybridized carbons (Fsp3) is 0.667. The highest BCUT2D eigenvalue weighted by atomic mass is 16.6. The van der Waals surface area contributed by atoms with Crippen LogP contribution in [0, 0.1) is 10.1 Å². The molecule has 118 valence electrons. The summed E-state index contributed by atoms with van der Waals surface area (Å²) in [4.78, 5) is 14.7. The summed E-state index contributed by atoms with van der Waals surface area (Å²) in [6.07, 6.45) is 7.05. The van der Waals surface area contributed by atoms with E-state index < -0.39 is 4.92 Å². The maximum Gasteiger partial charge on any atom is 0.278 e. The first-order valence-electron chi connectivity index (χ1n) is 7.70. The summed E-state index contributed by atoms with van der Waals surface area (Å²) in [6.45, 7) is 5.31. The third-order valence-corrected chi connectivity index (χ3v) is 3.10. The molecule has 0 unspecified atom stereocenters. The molecule has 0 amide bonds. The lowest BCUT2D eigenvalue weighted by molar-refractivity contribution is -0.384. The summed E-state index contributed by atoms with van der Waals surface area (Å²) in [7, 11) is 0. The zero-order valence-corrected chi connectivity index (χ0v) is 12.9. The van der Waals surface area contributed by atoms with Gasteiger partial charge in [0.15, 0.2) is 0 Å². The summed E-state index contributed by atoms with van der Waals surface area (Å²) >= 11 is 0. The van der Waals surface area contributed by atoms with E-state index in [1.807, 2.05) is 6.92 Å². The molecule has 1 heterocycles. The largest absolute Gasteiger partial charge is 0.477 e. The first-order chi connectivity index (χ1) is 10.2. The molecule has 6 nitrogen and oxygen atoms in total. The van der Waals surface area contributed by atoms with Crippen molar-refractivity contribution in [3.63, 3.8) is 0 Å². The van der Waals surface area contributed by atoms with Gasteiger partial charge in [0.1, 0.15) is 5.82 Å². The third-order valence-electron chi connectivity index (χ3n) is 3.10. The van der Waals surface area contributed by atoms with Gasteiger partial charge in [0.25, 0.3) is 5.69 Å². The van der Waals surface area contributed by atoms with Crippen molar-refractivity contribution in [1.29, 1.82) is 0 Å². The molecule has 0 radical (unpaired) electrons. The lowest BCUT2D eigenvalue weighted by atomic mass is 10.1. The molecule has 0 aliphatic heterocycles. The standard InChI is InChI=1S/C15H25N3O3/c1-3-5-6-7-8-9-10-21-15-12-13(18(19)20)11-14(17-15)16-4-2/h11-12H,3-10H2,1-2H3,(H,16,17). The maximum absolute atomic E-state index is 10.9. The Morgan fingerprint density at radius 2 is 1.90 bits per heavy atom. The number of nitrogens with one attached hydrogen (secondary N) is 1. The van der Waals surface area contributed by atoms with E-state index in [2.05, 4.69) is 17.2 Å². The number of hydrogen-bond donors (Lipinski definition) is 1. The number of pyridine rings is 1. The van der Waals surface area contributed by atoms with E-state index in [9.17, 15) is 10.1 Å². The molecular formula is C15H25N3O3. The van der Waals surface area contributed by atoms with Gasteiger partial charge < -0.3 is 10.1 Å². The second-order valence-electron chi connectivity index (χ2n) is 4.95. The lowest BCUT2D eigenvalue weighted by Crippen LogP contribution is -2.04. The van der Waals surface area contributed by atoms with Crippen LogP contribution in [-0.4, -0.2) is 23.1 Å². The summed E-state index contributed by atoms with van der Waals surface area (Å²) in [5.74, 6) is 0.790. The topological polar surface area (TPSA) is 77.3 Å². The molecule has 1 rings (SSSR count). The minimum atomic E-state index is -0.430. The molecule has 0 saturated heterocycles. The molecule has 1 N–H and O–H groups in total. The van der Waals surface area contributed by atoms with Crippen LogP contribution in [-0.2, 0) is 0 Å². The first-order valence-corrected chi connectivity index (χ1v) is 7.70. The molecular weight excluding hydrogens is 270 g/mol. The highest BCUT2D eigenvalue weighted by Gasteiger charge is 2.11. The number of unbranched alkanes of at least 4 members (excludes halogenated alkanes) is 5. The van der Waals surface area contributed by atoms with Crippen molar-refractivity contribution in [2.75, 3.05) is 18.5 Å². The molecule has 1 aromatic heterocycles. The summed E-state index contributed by atoms with van der Waals surface area (Å²) in [5.41, 5.74) is -0.00102. The highest BCUT2D eigenvalue weighted by Crippen LogP contribution is 2.22. The van der Waals surface area contributed by atoms with E-state index in [-0.39, 0.29) is 5.69 Å². The third kappa shape index (κ3) is 6.92. The Kier molecular flexibility index (Phi) is 8.16. The summed E-state index contributed by atoms with van der Waals surface area (Å²) < 4.78 is 5.53. The number of anilines is 1. The summed E-state index contributed by atoms with van der Waals surface area (Å²) in [6, 6.07) is 2.79. The number of hydrogen-bond acceptors (Lipinski definition) is 5. The predicted molar refractivity (Wildman–Crippen MR) is 83.9 cm³/mol. The van der Waals surface area contributed by atoms with Crippen molar-refractivity contribution in [3.05, 3.63) is 22.2 Å². The Bertz CT molecular complexity index is 438. The molecule has 21 heavy (non-hydrogen) atoms. The molecule has 0 saturated carbocycles. The Balaban J connectivity index is 2.44. The minimum Gasteiger partial charge on any atom is -0.477 e. The van der Waals surface area contributed by atoms with E-state index in [4.69, 9.17) is 4.74 Å². The van der Waals surface area contributed by atoms with E-state index in [0.29, 0.717) is 24.8 Å². The van der Waals surface area contributed by atoms with Crippen LogP contribution in [0.15, 0.2) is 12.1 Å². The van der Waals surface area contributed by atoms with Crippen LogP contribution in [0.2, 0.25) is 0 Å². The second-order valence-corrected chi connectivity index (χ2v) is 4.95. The number of nitrogens with zero attached hydrogens (tertiary/aromatic N) is 2. The average Bonchev–Trinajstić information content (AvgIpc) is 2.46. The molecule has 0 aromatic carbocycles. The fourth-order valence-electron chi connectivity index (χ4n) is 2.00. The minimum absolute atomic E-state index is 0.00102. The molecule has 0 aliphatic carbocycles. The van der Waals surface area contributed by atoms with Crippen LogP contribution in [0.25, 0.3) is 0 Å². The van der Waals surface area contributed by atoms with Gasteiger partial charge in [0.05, 0.1) is 23.7 Å². The highest BCUT2D eigenvalue weighted by molar-refractivity contribution is 5.48. The second kappa shape index (κ2) is 9.96. The van der Waals surface area contributed by atoms with E-state index in [0.717, 1.165) is 12.8 Å². The van der Waals surface area contributed by atoms with Crippen molar-refractivity contribution < 1.29 is 9.66 Å². The van der Waals surface area contributed by atoms with Gasteiger partial charge in [0.2, 0.25) is 5.88 Å². The maximum atomic E-state index is 10.9. The van der Waals surface area contributed by atoms with Crippen LogP contribution in [0.3, 0.4) is 0 Å². The zero-order chi connectivity index (χ0) is 15.5. The quantitative estimate of drug-likeness (QED) is 0.377. The Labute approximate surface area is 126 Å². The van der Waals surface area contributed by atoms with Crippen molar-refractivity contribution in [1.82, 2.24) is 4.98 Å². The summed E-state index contributed by atoms with van der Waals surface area (Å²) in [5, 5.41) is 13.9. The lowest BCUT2D eigenvalue weighted by Gasteiger charge is -2.08. The van der Waals surface area contributed by atoms with Gasteiger partial charge in [0, 0.05) is 6.54 Å². The van der Waals surface area contributed by atoms with Crippen LogP contribution in [0.4, 0.5) is 11.5 Å². The number of aromatic nitrogens is 1. The molecule has 1 aromatic rings. The van der Waals surface area contributed by atoms with Crippen molar-refractivity contribution in [3.8, 4) is 5.88 Å². The van der Waals surface area contributed by atoms with Gasteiger partial charge in [-0.1, -0.05) is 39.0 Å². The normalized spacial score (nSPS) is 10.4. The van der Waals surface area contributed by atoms with Crippen molar-refractivity contribution >= 4 is 11.5 Å². The van der Waals surface area contributed by atoms with E-state index >= 15 is 0 Å². The van der Waals surface area contributed by atoms with Gasteiger partial charge >= 0.3 is 0 Å². The smallest absolute Gasteiger partial charge is 0.278 e. The van der Waals surface area contributed by atoms with Gasteiger partial charge in [-0.25, -0.2) is 0 Å². The van der Waals surface area contributed by atoms with Gasteiger partial charge in [-0.15, -0.1) is 0 Å². The SMILES string of the molecule is CCCCCCCCOc1cc([N+](=O)[O-])cc(NCC)n1. The number of rotatable bonds is 11. The predicted octanol–water partition coefficient (Wildman–Crippen LogP) is 4.16. The Hall–Kier alpha value is -1.85. The first kappa shape index (κ1) is 17.2. The van der Waals surface area contributed by atoms with Crippen LogP contribution in [0.5, 0.6) is 5.88 Å². The number of nitro groups is 1. The van der Waals surface area contributed by atoms with Gasteiger partial charge in [-0.3, -0.25) is 10.1 Å². The van der Waals surface area contributed by atoms with Crippen LogP contribution >= 0.6 is 0 Å². The molecule has 0 bridgehead atoms. The van der Waals surface area contributed by atoms with Gasteiger partial charge in [-0.05, 0) is 13.3 Å². The van der Waals surface area contributed by atoms with E-state index in [1.54, 1.807) is 0 Å². The van der Waals surface area contributed by atoms with Crippen LogP contribution in [0.1, 0.15) is 52.4 Å². The molecule has 0 aliphatic rings. The van der Waals surface area contributed by atoms with Crippen molar-refractivity contribution in [2.24, 2.45) is 0 Å². The Morgan fingerprint density at radius 1 is 1.19 bits per heavy atom. The molecule has 0 fully saturated rings.